The third-order valence-electron chi connectivity index (χ3n) is 6.19. The summed E-state index contributed by atoms with van der Waals surface area (Å²) in [6.45, 7) is 4.03. The molecule has 2 fully saturated rings. The number of carbonyl (C=O) groups is 1. The maximum absolute atomic E-state index is 12.8. The first-order valence-electron chi connectivity index (χ1n) is 9.51. The summed E-state index contributed by atoms with van der Waals surface area (Å²) in [7, 11) is 0. The summed E-state index contributed by atoms with van der Waals surface area (Å²) in [5.41, 5.74) is 0.716. The molecule has 0 spiro atoms. The molecule has 0 aromatic carbocycles. The van der Waals surface area contributed by atoms with Crippen LogP contribution in [0, 0.1) is 11.3 Å². The molecule has 3 rings (SSSR count). The van der Waals surface area contributed by atoms with Crippen LogP contribution in [-0.4, -0.2) is 27.3 Å². The van der Waals surface area contributed by atoms with E-state index in [9.17, 15) is 9.90 Å². The fourth-order valence-corrected chi connectivity index (χ4v) is 4.28. The molecule has 1 aromatic heterocycles. The Morgan fingerprint density at radius 3 is 2.50 bits per heavy atom. The highest BCUT2D eigenvalue weighted by Crippen LogP contribution is 2.39. The first-order valence-corrected chi connectivity index (χ1v) is 9.51. The van der Waals surface area contributed by atoms with Crippen molar-refractivity contribution in [3.63, 3.8) is 0 Å². The van der Waals surface area contributed by atoms with Crippen LogP contribution in [0.2, 0.25) is 0 Å². The average molecular weight is 333 g/mol. The zero-order valence-corrected chi connectivity index (χ0v) is 15.0. The molecule has 134 valence electrons. The van der Waals surface area contributed by atoms with E-state index in [-0.39, 0.29) is 12.0 Å². The molecule has 2 saturated carbocycles. The van der Waals surface area contributed by atoms with E-state index in [0.717, 1.165) is 31.4 Å². The van der Waals surface area contributed by atoms with E-state index in [2.05, 4.69) is 15.5 Å². The predicted octanol–water partition coefficient (Wildman–Crippen LogP) is 3.97. The van der Waals surface area contributed by atoms with Gasteiger partial charge in [-0.25, -0.2) is 0 Å². The second-order valence-corrected chi connectivity index (χ2v) is 8.22. The summed E-state index contributed by atoms with van der Waals surface area (Å²) < 4.78 is 0. The Bertz CT molecular complexity index is 553. The molecule has 2 aliphatic rings. The van der Waals surface area contributed by atoms with Gasteiger partial charge in [0.15, 0.2) is 5.82 Å². The first kappa shape index (κ1) is 17.5. The molecule has 2 aliphatic carbocycles. The van der Waals surface area contributed by atoms with E-state index in [1.165, 1.54) is 32.1 Å². The number of nitrogens with one attached hydrogen (secondary N) is 2. The monoisotopic (exact) mass is 333 g/mol. The van der Waals surface area contributed by atoms with Crippen molar-refractivity contribution in [2.24, 2.45) is 11.3 Å². The molecule has 0 bridgehead atoms. The lowest BCUT2D eigenvalue weighted by Gasteiger charge is -2.36. The summed E-state index contributed by atoms with van der Waals surface area (Å²) in [6, 6.07) is 2.01. The van der Waals surface area contributed by atoms with Crippen LogP contribution < -0.4 is 5.32 Å². The Balaban J connectivity index is 1.60. The van der Waals surface area contributed by atoms with Gasteiger partial charge in [0.2, 0.25) is 5.91 Å². The third kappa shape index (κ3) is 3.82. The van der Waals surface area contributed by atoms with Crippen molar-refractivity contribution < 1.29 is 9.90 Å². The summed E-state index contributed by atoms with van der Waals surface area (Å²) >= 11 is 0. The smallest absolute Gasteiger partial charge is 0.231 e. The van der Waals surface area contributed by atoms with Crippen molar-refractivity contribution in [3.05, 3.63) is 11.8 Å². The molecule has 24 heavy (non-hydrogen) atoms. The second-order valence-electron chi connectivity index (χ2n) is 8.22. The Morgan fingerprint density at radius 2 is 1.83 bits per heavy atom. The molecule has 1 amide bonds. The topological polar surface area (TPSA) is 78.0 Å². The number of aromatic nitrogens is 2. The van der Waals surface area contributed by atoms with Crippen LogP contribution >= 0.6 is 0 Å². The van der Waals surface area contributed by atoms with Crippen molar-refractivity contribution in [1.82, 2.24) is 10.2 Å². The van der Waals surface area contributed by atoms with Gasteiger partial charge in [-0.3, -0.25) is 9.89 Å². The van der Waals surface area contributed by atoms with Crippen LogP contribution in [0.1, 0.15) is 83.2 Å². The lowest BCUT2D eigenvalue weighted by Crippen LogP contribution is -2.40. The number of aromatic amines is 1. The molecule has 0 saturated heterocycles. The maximum atomic E-state index is 12.8. The number of hydrogen-bond acceptors (Lipinski definition) is 3. The average Bonchev–Trinajstić information content (AvgIpc) is 3.04. The van der Waals surface area contributed by atoms with Crippen LogP contribution in [0.5, 0.6) is 0 Å². The van der Waals surface area contributed by atoms with Crippen LogP contribution in [0.4, 0.5) is 5.82 Å². The van der Waals surface area contributed by atoms with Gasteiger partial charge in [-0.15, -0.1) is 0 Å². The Labute approximate surface area is 144 Å². The summed E-state index contributed by atoms with van der Waals surface area (Å²) in [5.74, 6) is 1.55. The number of rotatable bonds is 4. The van der Waals surface area contributed by atoms with Gasteiger partial charge < -0.3 is 10.4 Å². The minimum Gasteiger partial charge on any atom is -0.393 e. The van der Waals surface area contributed by atoms with Crippen molar-refractivity contribution in [2.45, 2.75) is 83.7 Å². The predicted molar refractivity (Wildman–Crippen MR) is 94.8 cm³/mol. The standard InChI is InChI=1S/C19H31N3O2/c1-19(2,14-8-10-15(23)11-9-14)18(24)20-17-12-16(21-22-17)13-6-4-3-5-7-13/h12-15,23H,3-11H2,1-2H3,(H2,20,21,22,24). The molecular formula is C19H31N3O2. The molecule has 1 aromatic rings. The van der Waals surface area contributed by atoms with E-state index in [1.54, 1.807) is 0 Å². The SMILES string of the molecule is CC(C)(C(=O)Nc1cc(C2CCCCC2)[nH]n1)C1CCC(O)CC1. The highest BCUT2D eigenvalue weighted by Gasteiger charge is 2.38. The summed E-state index contributed by atoms with van der Waals surface area (Å²) in [4.78, 5) is 12.8. The molecule has 1 heterocycles. The molecule has 5 heteroatoms. The number of nitrogens with zero attached hydrogens (tertiary/aromatic N) is 1. The number of H-pyrrole nitrogens is 1. The fourth-order valence-electron chi connectivity index (χ4n) is 4.28. The van der Waals surface area contributed by atoms with Gasteiger partial charge in [0, 0.05) is 23.1 Å². The molecule has 0 unspecified atom stereocenters. The van der Waals surface area contributed by atoms with E-state index < -0.39 is 5.41 Å². The van der Waals surface area contributed by atoms with Crippen LogP contribution in [-0.2, 0) is 4.79 Å². The van der Waals surface area contributed by atoms with Crippen LogP contribution in [0.15, 0.2) is 6.07 Å². The zero-order valence-electron chi connectivity index (χ0n) is 15.0. The lowest BCUT2D eigenvalue weighted by molar-refractivity contribution is -0.127. The summed E-state index contributed by atoms with van der Waals surface area (Å²) in [5, 5.41) is 20.1. The minimum atomic E-state index is -0.440. The van der Waals surface area contributed by atoms with Gasteiger partial charge in [-0.1, -0.05) is 33.1 Å². The van der Waals surface area contributed by atoms with Crippen molar-refractivity contribution >= 4 is 11.7 Å². The number of aliphatic hydroxyl groups is 1. The lowest BCUT2D eigenvalue weighted by atomic mass is 9.70. The Kier molecular flexibility index (Phi) is 5.28. The third-order valence-corrected chi connectivity index (χ3v) is 6.19. The molecule has 0 radical (unpaired) electrons. The number of anilines is 1. The minimum absolute atomic E-state index is 0.0329. The highest BCUT2D eigenvalue weighted by atomic mass is 16.3. The molecule has 3 N–H and O–H groups in total. The van der Waals surface area contributed by atoms with Gasteiger partial charge in [0.05, 0.1) is 6.10 Å². The van der Waals surface area contributed by atoms with Crippen LogP contribution in [0.3, 0.4) is 0 Å². The molecule has 5 nitrogen and oxygen atoms in total. The normalized spacial score (nSPS) is 26.3. The largest absolute Gasteiger partial charge is 0.393 e. The molecular weight excluding hydrogens is 302 g/mol. The number of carbonyl (C=O) groups excluding carboxylic acids is 1. The van der Waals surface area contributed by atoms with E-state index >= 15 is 0 Å². The van der Waals surface area contributed by atoms with E-state index in [1.807, 2.05) is 19.9 Å². The van der Waals surface area contributed by atoms with Gasteiger partial charge in [0.25, 0.3) is 0 Å². The zero-order chi connectivity index (χ0) is 17.2. The van der Waals surface area contributed by atoms with Gasteiger partial charge >= 0.3 is 0 Å². The fraction of sp³-hybridized carbons (Fsp3) is 0.789. The quantitative estimate of drug-likeness (QED) is 0.780. The molecule has 0 aliphatic heterocycles. The van der Waals surface area contributed by atoms with Crippen molar-refractivity contribution in [3.8, 4) is 0 Å². The van der Waals surface area contributed by atoms with Crippen molar-refractivity contribution in [2.75, 3.05) is 5.32 Å². The van der Waals surface area contributed by atoms with Gasteiger partial charge in [0.1, 0.15) is 0 Å². The van der Waals surface area contributed by atoms with E-state index in [0.29, 0.717) is 17.7 Å². The Morgan fingerprint density at radius 1 is 1.17 bits per heavy atom. The van der Waals surface area contributed by atoms with E-state index in [4.69, 9.17) is 0 Å². The van der Waals surface area contributed by atoms with Crippen LogP contribution in [0.25, 0.3) is 0 Å². The van der Waals surface area contributed by atoms with Gasteiger partial charge in [-0.2, -0.15) is 5.10 Å². The highest BCUT2D eigenvalue weighted by molar-refractivity contribution is 5.94. The maximum Gasteiger partial charge on any atom is 0.231 e. The van der Waals surface area contributed by atoms with Gasteiger partial charge in [-0.05, 0) is 44.4 Å². The first-order chi connectivity index (χ1) is 11.5. The Hall–Kier alpha value is -1.36. The summed E-state index contributed by atoms with van der Waals surface area (Å²) in [6.07, 6.45) is 9.56. The second kappa shape index (κ2) is 7.26. The number of amides is 1. The number of aliphatic hydroxyl groups excluding tert-OH is 1. The number of hydrogen-bond donors (Lipinski definition) is 3. The molecule has 0 atom stereocenters. The van der Waals surface area contributed by atoms with Crippen molar-refractivity contribution in [1.29, 1.82) is 0 Å².